The van der Waals surface area contributed by atoms with Crippen molar-refractivity contribution in [2.75, 3.05) is 6.61 Å². The Balaban J connectivity index is 1.54. The summed E-state index contributed by atoms with van der Waals surface area (Å²) in [5.41, 5.74) is 3.53. The fourth-order valence-electron chi connectivity index (χ4n) is 4.61. The number of fused-ring (bicyclic) bond motifs is 3. The normalized spacial score (nSPS) is 13.8. The van der Waals surface area contributed by atoms with Gasteiger partial charge in [0.15, 0.2) is 6.61 Å². The smallest absolute Gasteiger partial charge is 0.339 e. The molecule has 0 saturated heterocycles. The van der Waals surface area contributed by atoms with E-state index in [4.69, 9.17) is 20.8 Å². The van der Waals surface area contributed by atoms with E-state index in [1.165, 1.54) is 0 Å². The van der Waals surface area contributed by atoms with Crippen molar-refractivity contribution in [2.45, 2.75) is 65.0 Å². The van der Waals surface area contributed by atoms with Crippen molar-refractivity contribution in [1.29, 1.82) is 0 Å². The van der Waals surface area contributed by atoms with Gasteiger partial charge in [0.25, 0.3) is 5.91 Å². The molecule has 2 aromatic carbocycles. The maximum atomic E-state index is 12.9. The van der Waals surface area contributed by atoms with Crippen LogP contribution in [0.15, 0.2) is 45.6 Å². The standard InChI is InChI=1S/C28H31ClN2O5/c1-16(2)30-27(33)22(14-18-8-10-19(29)11-9-18)31-25(32)15-35-23-12-17(3)13-24-26(23)20-6-4-5-7-21(20)28(34)36-24/h8-13,16,22H,4-7,14-15H2,1-3H3,(H,30,33)(H,31,32)/t22-/m0/s1. The molecular formula is C28H31ClN2O5. The van der Waals surface area contributed by atoms with Gasteiger partial charge in [-0.1, -0.05) is 23.7 Å². The molecule has 2 amide bonds. The van der Waals surface area contributed by atoms with Crippen molar-refractivity contribution in [1.82, 2.24) is 10.6 Å². The van der Waals surface area contributed by atoms with E-state index in [2.05, 4.69) is 10.6 Å². The fourth-order valence-corrected chi connectivity index (χ4v) is 4.74. The van der Waals surface area contributed by atoms with Crippen molar-refractivity contribution in [3.8, 4) is 5.75 Å². The van der Waals surface area contributed by atoms with Crippen LogP contribution in [0.5, 0.6) is 5.75 Å². The van der Waals surface area contributed by atoms with Gasteiger partial charge in [0.2, 0.25) is 5.91 Å². The first-order valence-corrected chi connectivity index (χ1v) is 12.6. The molecule has 0 unspecified atom stereocenters. The molecule has 0 bridgehead atoms. The molecule has 4 rings (SSSR count). The molecule has 1 aliphatic rings. The van der Waals surface area contributed by atoms with Gasteiger partial charge in [-0.15, -0.1) is 0 Å². The number of hydrogen-bond donors (Lipinski definition) is 2. The van der Waals surface area contributed by atoms with Crippen molar-refractivity contribution in [3.05, 3.63) is 74.1 Å². The lowest BCUT2D eigenvalue weighted by Gasteiger charge is -2.21. The summed E-state index contributed by atoms with van der Waals surface area (Å²) in [4.78, 5) is 38.2. The zero-order valence-electron chi connectivity index (χ0n) is 20.8. The van der Waals surface area contributed by atoms with E-state index in [1.54, 1.807) is 12.1 Å². The van der Waals surface area contributed by atoms with Gasteiger partial charge in [-0.05, 0) is 87.4 Å². The molecule has 0 saturated carbocycles. The predicted molar refractivity (Wildman–Crippen MR) is 140 cm³/mol. The number of hydrogen-bond acceptors (Lipinski definition) is 5. The number of carbonyl (C=O) groups excluding carboxylic acids is 2. The molecule has 0 aliphatic heterocycles. The van der Waals surface area contributed by atoms with E-state index in [1.807, 2.05) is 45.0 Å². The summed E-state index contributed by atoms with van der Waals surface area (Å²) < 4.78 is 11.6. The quantitative estimate of drug-likeness (QED) is 0.441. The predicted octanol–water partition coefficient (Wildman–Crippen LogP) is 4.26. The fraction of sp³-hybridized carbons (Fsp3) is 0.393. The topological polar surface area (TPSA) is 97.6 Å². The number of amides is 2. The SMILES string of the molecule is Cc1cc(OCC(=O)N[C@@H](Cc2ccc(Cl)cc2)C(=O)NC(C)C)c2c3c(c(=O)oc2c1)CCCC3. The van der Waals surface area contributed by atoms with E-state index in [0.29, 0.717) is 34.8 Å². The number of rotatable bonds is 8. The second-order valence-electron chi connectivity index (χ2n) is 9.59. The Morgan fingerprint density at radius 2 is 1.75 bits per heavy atom. The highest BCUT2D eigenvalue weighted by atomic mass is 35.5. The van der Waals surface area contributed by atoms with Crippen molar-refractivity contribution >= 4 is 34.4 Å². The third kappa shape index (κ3) is 6.08. The van der Waals surface area contributed by atoms with E-state index in [9.17, 15) is 14.4 Å². The Labute approximate surface area is 215 Å². The van der Waals surface area contributed by atoms with Gasteiger partial charge in [0, 0.05) is 23.0 Å². The van der Waals surface area contributed by atoms with Gasteiger partial charge in [0.1, 0.15) is 17.4 Å². The summed E-state index contributed by atoms with van der Waals surface area (Å²) in [6, 6.07) is 9.98. The first kappa shape index (κ1) is 25.8. The van der Waals surface area contributed by atoms with Crippen LogP contribution in [0.3, 0.4) is 0 Å². The molecule has 0 radical (unpaired) electrons. The van der Waals surface area contributed by atoms with Crippen LogP contribution in [0.25, 0.3) is 11.0 Å². The van der Waals surface area contributed by atoms with Gasteiger partial charge >= 0.3 is 5.63 Å². The molecule has 190 valence electrons. The third-order valence-electron chi connectivity index (χ3n) is 6.22. The zero-order valence-corrected chi connectivity index (χ0v) is 21.5. The Morgan fingerprint density at radius 1 is 1.06 bits per heavy atom. The van der Waals surface area contributed by atoms with Crippen LogP contribution in [-0.2, 0) is 28.9 Å². The molecule has 1 atom stereocenters. The number of aryl methyl sites for hydroxylation is 2. The molecular weight excluding hydrogens is 480 g/mol. The molecule has 1 aromatic heterocycles. The molecule has 36 heavy (non-hydrogen) atoms. The number of nitrogens with one attached hydrogen (secondary N) is 2. The Kier molecular flexibility index (Phi) is 7.99. The van der Waals surface area contributed by atoms with Gasteiger partial charge in [-0.25, -0.2) is 4.79 Å². The van der Waals surface area contributed by atoms with Crippen LogP contribution >= 0.6 is 11.6 Å². The monoisotopic (exact) mass is 510 g/mol. The lowest BCUT2D eigenvalue weighted by atomic mass is 9.90. The molecule has 2 N–H and O–H groups in total. The molecule has 8 heteroatoms. The van der Waals surface area contributed by atoms with Crippen molar-refractivity contribution in [2.24, 2.45) is 0 Å². The summed E-state index contributed by atoms with van der Waals surface area (Å²) in [7, 11) is 0. The van der Waals surface area contributed by atoms with Gasteiger partial charge < -0.3 is 19.8 Å². The average molecular weight is 511 g/mol. The van der Waals surface area contributed by atoms with Gasteiger partial charge in [-0.3, -0.25) is 9.59 Å². The molecule has 1 aliphatic carbocycles. The maximum Gasteiger partial charge on any atom is 0.339 e. The van der Waals surface area contributed by atoms with Crippen LogP contribution in [0.1, 0.15) is 48.9 Å². The molecule has 0 fully saturated rings. The lowest BCUT2D eigenvalue weighted by molar-refractivity contribution is -0.130. The Bertz CT molecular complexity index is 1330. The van der Waals surface area contributed by atoms with Crippen LogP contribution in [0.2, 0.25) is 5.02 Å². The van der Waals surface area contributed by atoms with Crippen molar-refractivity contribution < 1.29 is 18.7 Å². The molecule has 7 nitrogen and oxygen atoms in total. The van der Waals surface area contributed by atoms with Crippen molar-refractivity contribution in [3.63, 3.8) is 0 Å². The average Bonchev–Trinajstić information content (AvgIpc) is 2.83. The number of halogens is 1. The largest absolute Gasteiger partial charge is 0.483 e. The van der Waals surface area contributed by atoms with E-state index in [-0.39, 0.29) is 24.2 Å². The minimum atomic E-state index is -0.773. The van der Waals surface area contributed by atoms with E-state index < -0.39 is 11.9 Å². The summed E-state index contributed by atoms with van der Waals surface area (Å²) in [6.07, 6.45) is 3.69. The first-order valence-electron chi connectivity index (χ1n) is 12.3. The minimum Gasteiger partial charge on any atom is -0.483 e. The highest BCUT2D eigenvalue weighted by molar-refractivity contribution is 6.30. The first-order chi connectivity index (χ1) is 17.2. The highest BCUT2D eigenvalue weighted by Gasteiger charge is 2.24. The summed E-state index contributed by atoms with van der Waals surface area (Å²) in [6.45, 7) is 5.33. The van der Waals surface area contributed by atoms with Crippen LogP contribution in [-0.4, -0.2) is 30.5 Å². The minimum absolute atomic E-state index is 0.0714. The Morgan fingerprint density at radius 3 is 2.44 bits per heavy atom. The second-order valence-corrected chi connectivity index (χ2v) is 10.0. The van der Waals surface area contributed by atoms with Gasteiger partial charge in [0.05, 0.1) is 5.39 Å². The number of benzene rings is 2. The van der Waals surface area contributed by atoms with Crippen LogP contribution in [0.4, 0.5) is 0 Å². The third-order valence-corrected chi connectivity index (χ3v) is 6.48. The zero-order chi connectivity index (χ0) is 25.8. The summed E-state index contributed by atoms with van der Waals surface area (Å²) >= 11 is 5.98. The van der Waals surface area contributed by atoms with Crippen LogP contribution < -0.4 is 21.0 Å². The molecule has 1 heterocycles. The molecule has 0 spiro atoms. The maximum absolute atomic E-state index is 12.9. The van der Waals surface area contributed by atoms with E-state index in [0.717, 1.165) is 41.3 Å². The number of ether oxygens (including phenoxy) is 1. The summed E-state index contributed by atoms with van der Waals surface area (Å²) in [5.74, 6) is -0.193. The highest BCUT2D eigenvalue weighted by Crippen LogP contribution is 2.34. The van der Waals surface area contributed by atoms with E-state index >= 15 is 0 Å². The molecule has 3 aromatic rings. The number of carbonyl (C=O) groups is 2. The lowest BCUT2D eigenvalue weighted by Crippen LogP contribution is -2.50. The second kappa shape index (κ2) is 11.2. The van der Waals surface area contributed by atoms with Crippen LogP contribution in [0, 0.1) is 6.92 Å². The Hall–Kier alpha value is -3.32. The van der Waals surface area contributed by atoms with Gasteiger partial charge in [-0.2, -0.15) is 0 Å². The summed E-state index contributed by atoms with van der Waals surface area (Å²) in [5, 5.41) is 7.02.